The zero-order chi connectivity index (χ0) is 20.9. The zero-order valence-electron chi connectivity index (χ0n) is 15.4. The van der Waals surface area contributed by atoms with Crippen molar-refractivity contribution in [3.63, 3.8) is 0 Å². The summed E-state index contributed by atoms with van der Waals surface area (Å²) in [5, 5.41) is 0.327. The minimum atomic E-state index is -4.80. The number of carbonyl (C=O) groups is 1. The van der Waals surface area contributed by atoms with E-state index in [-0.39, 0.29) is 24.3 Å². The third kappa shape index (κ3) is 4.11. The lowest BCUT2D eigenvalue weighted by molar-refractivity contribution is -0.391. The van der Waals surface area contributed by atoms with Gasteiger partial charge in [-0.05, 0) is 17.5 Å². The molecule has 152 valence electrons. The largest absolute Gasteiger partial charge is 0.507 e. The number of amides is 1. The predicted octanol–water partition coefficient (Wildman–Crippen LogP) is 5.03. The summed E-state index contributed by atoms with van der Waals surface area (Å²) >= 11 is 1.18. The molecular weight excluding hydrogens is 400 g/mol. The van der Waals surface area contributed by atoms with E-state index in [2.05, 4.69) is 21.0 Å². The Balaban J connectivity index is 1.90. The molecule has 1 aromatic carbocycles. The Morgan fingerprint density at radius 3 is 2.43 bits per heavy atom. The first-order chi connectivity index (χ1) is 12.8. The van der Waals surface area contributed by atoms with E-state index in [0.29, 0.717) is 15.8 Å². The summed E-state index contributed by atoms with van der Waals surface area (Å²) in [6.45, 7) is 9.83. The summed E-state index contributed by atoms with van der Waals surface area (Å²) in [6.07, 6.45) is -9.35. The summed E-state index contributed by atoms with van der Waals surface area (Å²) in [7, 11) is 0. The van der Waals surface area contributed by atoms with Gasteiger partial charge in [0.15, 0.2) is 16.7 Å². The summed E-state index contributed by atoms with van der Waals surface area (Å²) in [5.74, 6) is -1.37. The Morgan fingerprint density at radius 1 is 1.21 bits per heavy atom. The van der Waals surface area contributed by atoms with Crippen LogP contribution in [-0.2, 0) is 4.79 Å². The van der Waals surface area contributed by atoms with Gasteiger partial charge in [-0.3, -0.25) is 4.79 Å². The Hall–Kier alpha value is -2.23. The highest BCUT2D eigenvalue weighted by atomic mass is 32.2. The molecule has 1 fully saturated rings. The second kappa shape index (κ2) is 6.68. The number of hydrogen-bond donors (Lipinski definition) is 0. The standard InChI is InChI=1S/C18H18F4N2O3S/c1-10-9-24(15(28-10)23-14(25)8-16(2,3)4)11-5-6-12-13(7-11)27-18(21,22)17(19,20)26-12/h5-7H,1,8-9H2,2-4H3/b23-15-. The van der Waals surface area contributed by atoms with Crippen LogP contribution in [0.25, 0.3) is 0 Å². The van der Waals surface area contributed by atoms with Gasteiger partial charge in [0.1, 0.15) is 0 Å². The van der Waals surface area contributed by atoms with Crippen molar-refractivity contribution in [2.45, 2.75) is 39.4 Å². The van der Waals surface area contributed by atoms with Gasteiger partial charge in [-0.25, -0.2) is 0 Å². The fourth-order valence-corrected chi connectivity index (χ4v) is 3.45. The number of fused-ring (bicyclic) bond motifs is 1. The van der Waals surface area contributed by atoms with Crippen molar-refractivity contribution >= 4 is 28.5 Å². The molecule has 10 heteroatoms. The molecule has 0 aromatic heterocycles. The van der Waals surface area contributed by atoms with Crippen molar-refractivity contribution in [2.75, 3.05) is 11.4 Å². The van der Waals surface area contributed by atoms with E-state index in [4.69, 9.17) is 0 Å². The molecule has 28 heavy (non-hydrogen) atoms. The molecule has 1 saturated heterocycles. The molecule has 5 nitrogen and oxygen atoms in total. The van der Waals surface area contributed by atoms with Gasteiger partial charge in [0, 0.05) is 23.1 Å². The quantitative estimate of drug-likeness (QED) is 0.631. The number of alkyl halides is 4. The third-order valence-corrected chi connectivity index (χ3v) is 4.67. The minimum Gasteiger partial charge on any atom is -0.421 e. The fraction of sp³-hybridized carbons (Fsp3) is 0.444. The summed E-state index contributed by atoms with van der Waals surface area (Å²) in [5.41, 5.74) is 0.0805. The van der Waals surface area contributed by atoms with Crippen LogP contribution in [0.2, 0.25) is 0 Å². The van der Waals surface area contributed by atoms with E-state index in [9.17, 15) is 22.4 Å². The van der Waals surface area contributed by atoms with Gasteiger partial charge < -0.3 is 14.4 Å². The molecule has 1 aromatic rings. The van der Waals surface area contributed by atoms with E-state index >= 15 is 0 Å². The smallest absolute Gasteiger partial charge is 0.421 e. The first kappa shape index (κ1) is 20.5. The van der Waals surface area contributed by atoms with Crippen molar-refractivity contribution in [1.82, 2.24) is 0 Å². The lowest BCUT2D eigenvalue weighted by Crippen LogP contribution is -2.52. The Morgan fingerprint density at radius 2 is 1.82 bits per heavy atom. The number of carbonyl (C=O) groups excluding carboxylic acids is 1. The van der Waals surface area contributed by atoms with Crippen molar-refractivity contribution in [1.29, 1.82) is 0 Å². The SMILES string of the molecule is C=C1CN(c2ccc3c(c2)OC(F)(F)C(F)(F)O3)/C(=N/C(=O)CC(C)(C)C)S1. The van der Waals surface area contributed by atoms with Crippen LogP contribution in [0.3, 0.4) is 0 Å². The monoisotopic (exact) mass is 418 g/mol. The molecule has 2 aliphatic rings. The van der Waals surface area contributed by atoms with Crippen LogP contribution in [0.1, 0.15) is 27.2 Å². The van der Waals surface area contributed by atoms with Gasteiger partial charge in [-0.15, -0.1) is 0 Å². The highest BCUT2D eigenvalue weighted by Gasteiger charge is 2.66. The van der Waals surface area contributed by atoms with Gasteiger partial charge in [0.05, 0.1) is 6.54 Å². The van der Waals surface area contributed by atoms with Gasteiger partial charge in [-0.1, -0.05) is 39.1 Å². The molecule has 0 N–H and O–H groups in total. The van der Waals surface area contributed by atoms with Gasteiger partial charge in [0.2, 0.25) is 5.91 Å². The van der Waals surface area contributed by atoms with E-state index in [1.54, 1.807) is 4.90 Å². The number of benzene rings is 1. The maximum absolute atomic E-state index is 13.4. The molecule has 0 aliphatic carbocycles. The Kier molecular flexibility index (Phi) is 4.89. The van der Waals surface area contributed by atoms with Gasteiger partial charge in [-0.2, -0.15) is 22.6 Å². The van der Waals surface area contributed by atoms with Crippen molar-refractivity contribution < 1.29 is 31.8 Å². The number of thioether (sulfide) groups is 1. The lowest BCUT2D eigenvalue weighted by atomic mass is 9.92. The van der Waals surface area contributed by atoms with Crippen LogP contribution >= 0.6 is 11.8 Å². The fourth-order valence-electron chi connectivity index (χ4n) is 2.57. The Bertz CT molecular complexity index is 865. The lowest BCUT2D eigenvalue weighted by Gasteiger charge is -2.32. The van der Waals surface area contributed by atoms with Crippen molar-refractivity contribution in [3.05, 3.63) is 29.7 Å². The maximum atomic E-state index is 13.4. The second-order valence-electron chi connectivity index (χ2n) is 7.62. The Labute approximate surface area is 163 Å². The third-order valence-electron chi connectivity index (χ3n) is 3.76. The normalized spacial score (nSPS) is 21.9. The first-order valence-electron chi connectivity index (χ1n) is 8.30. The molecular formula is C18H18F4N2O3S. The van der Waals surface area contributed by atoms with E-state index < -0.39 is 23.7 Å². The molecule has 0 atom stereocenters. The molecule has 1 amide bonds. The number of halogens is 4. The topological polar surface area (TPSA) is 51.1 Å². The summed E-state index contributed by atoms with van der Waals surface area (Å²) in [4.78, 5) is 18.6. The number of aliphatic imine (C=N–C) groups is 1. The van der Waals surface area contributed by atoms with E-state index in [0.717, 1.165) is 12.1 Å². The number of ether oxygens (including phenoxy) is 2. The number of amidine groups is 1. The molecule has 2 aliphatic heterocycles. The molecule has 0 spiro atoms. The highest BCUT2D eigenvalue weighted by Crippen LogP contribution is 2.48. The molecule has 3 rings (SSSR count). The molecule has 0 saturated carbocycles. The average molecular weight is 418 g/mol. The van der Waals surface area contributed by atoms with Crippen LogP contribution in [0.15, 0.2) is 34.7 Å². The number of nitrogens with zero attached hydrogens (tertiary/aromatic N) is 2. The van der Waals surface area contributed by atoms with Gasteiger partial charge >= 0.3 is 12.2 Å². The molecule has 0 radical (unpaired) electrons. The van der Waals surface area contributed by atoms with Crippen LogP contribution in [-0.4, -0.2) is 29.8 Å². The van der Waals surface area contributed by atoms with Crippen molar-refractivity contribution in [2.24, 2.45) is 10.4 Å². The van der Waals surface area contributed by atoms with Crippen LogP contribution < -0.4 is 14.4 Å². The molecule has 2 heterocycles. The van der Waals surface area contributed by atoms with Crippen LogP contribution in [0.4, 0.5) is 23.2 Å². The predicted molar refractivity (Wildman–Crippen MR) is 98.2 cm³/mol. The van der Waals surface area contributed by atoms with Crippen molar-refractivity contribution in [3.8, 4) is 11.5 Å². The molecule has 0 unspecified atom stereocenters. The zero-order valence-corrected chi connectivity index (χ0v) is 16.2. The summed E-state index contributed by atoms with van der Waals surface area (Å²) in [6, 6.07) is 3.64. The van der Waals surface area contributed by atoms with Crippen LogP contribution in [0, 0.1) is 5.41 Å². The number of hydrogen-bond acceptors (Lipinski definition) is 4. The second-order valence-corrected chi connectivity index (χ2v) is 8.77. The number of anilines is 1. The van der Waals surface area contributed by atoms with E-state index in [1.807, 2.05) is 20.8 Å². The average Bonchev–Trinajstić information content (AvgIpc) is 2.85. The summed E-state index contributed by atoms with van der Waals surface area (Å²) < 4.78 is 61.7. The maximum Gasteiger partial charge on any atom is 0.507 e. The minimum absolute atomic E-state index is 0.222. The first-order valence-corrected chi connectivity index (χ1v) is 9.11. The van der Waals surface area contributed by atoms with E-state index in [1.165, 1.54) is 17.8 Å². The van der Waals surface area contributed by atoms with Crippen LogP contribution in [0.5, 0.6) is 11.5 Å². The molecule has 0 bridgehead atoms. The number of rotatable bonds is 2. The van der Waals surface area contributed by atoms with Gasteiger partial charge in [0.25, 0.3) is 0 Å². The highest BCUT2D eigenvalue weighted by molar-refractivity contribution is 8.18.